The summed E-state index contributed by atoms with van der Waals surface area (Å²) in [6, 6.07) is 48.4. The van der Waals surface area contributed by atoms with Gasteiger partial charge in [-0.05, 0) is 125 Å². The summed E-state index contributed by atoms with van der Waals surface area (Å²) in [5, 5.41) is 16.3. The first-order chi connectivity index (χ1) is 33.1. The molecule has 68 heavy (non-hydrogen) atoms. The van der Waals surface area contributed by atoms with E-state index in [4.69, 9.17) is 19.7 Å². The lowest BCUT2D eigenvalue weighted by molar-refractivity contribution is -0.149. The Balaban J connectivity index is 1.39. The lowest BCUT2D eigenvalue weighted by Crippen LogP contribution is -2.24. The fourth-order valence-electron chi connectivity index (χ4n) is 9.96. The molecule has 1 N–H and O–H groups in total. The van der Waals surface area contributed by atoms with E-state index in [2.05, 4.69) is 118 Å². The van der Waals surface area contributed by atoms with Crippen LogP contribution in [0.25, 0.3) is 54.2 Å². The van der Waals surface area contributed by atoms with Gasteiger partial charge in [-0.1, -0.05) is 83.1 Å². The topological polar surface area (TPSA) is 125 Å². The van der Waals surface area contributed by atoms with E-state index in [0.29, 0.717) is 34.6 Å². The van der Waals surface area contributed by atoms with Gasteiger partial charge >= 0.3 is 17.9 Å². The first-order valence-corrected chi connectivity index (χ1v) is 22.6. The molecule has 0 radical (unpaired) electrons. The zero-order valence-corrected chi connectivity index (χ0v) is 38.5. The van der Waals surface area contributed by atoms with Crippen LogP contribution in [0.2, 0.25) is 0 Å². The van der Waals surface area contributed by atoms with E-state index < -0.39 is 23.9 Å². The van der Waals surface area contributed by atoms with E-state index in [9.17, 15) is 14.4 Å². The highest BCUT2D eigenvalue weighted by molar-refractivity contribution is 6.34. The second-order valence-corrected chi connectivity index (χ2v) is 16.8. The number of nitrogens with one attached hydrogen (secondary N) is 1. The average Bonchev–Trinajstić information content (AvgIpc) is 3.97. The van der Waals surface area contributed by atoms with Crippen molar-refractivity contribution in [3.8, 4) is 11.1 Å². The van der Waals surface area contributed by atoms with Crippen LogP contribution in [0, 0.1) is 0 Å². The Morgan fingerprint density at radius 2 is 1.00 bits per heavy atom. The quantitative estimate of drug-likeness (QED) is 0.0936. The number of hydroxylamine groups is 1. The molecule has 0 amide bonds. The van der Waals surface area contributed by atoms with Crippen molar-refractivity contribution in [2.24, 2.45) is 10.3 Å². The molecule has 1 aliphatic carbocycles. The Kier molecular flexibility index (Phi) is 11.4. The molecule has 0 saturated carbocycles. The van der Waals surface area contributed by atoms with E-state index in [1.807, 2.05) is 73.8 Å². The second-order valence-electron chi connectivity index (χ2n) is 16.8. The molecule has 1 atom stereocenters. The Morgan fingerprint density at radius 1 is 0.515 bits per heavy atom. The van der Waals surface area contributed by atoms with Crippen molar-refractivity contribution >= 4 is 95.1 Å². The van der Waals surface area contributed by atoms with Crippen molar-refractivity contribution in [2.45, 2.75) is 40.7 Å². The minimum absolute atomic E-state index is 0.430. The van der Waals surface area contributed by atoms with E-state index in [1.54, 1.807) is 0 Å². The summed E-state index contributed by atoms with van der Waals surface area (Å²) < 4.78 is 0. The van der Waals surface area contributed by atoms with Crippen LogP contribution >= 0.6 is 0 Å². The van der Waals surface area contributed by atoms with E-state index in [1.165, 1.54) is 20.8 Å². The lowest BCUT2D eigenvalue weighted by atomic mass is 9.93. The summed E-state index contributed by atoms with van der Waals surface area (Å²) in [6.45, 7) is 9.56. The van der Waals surface area contributed by atoms with Crippen LogP contribution in [0.1, 0.15) is 51.8 Å². The molecule has 9 aromatic rings. The maximum atomic E-state index is 12.8. The highest BCUT2D eigenvalue weighted by Crippen LogP contribution is 2.54. The average molecular weight is 901 g/mol. The van der Waals surface area contributed by atoms with Gasteiger partial charge in [0.15, 0.2) is 0 Å². The van der Waals surface area contributed by atoms with Crippen molar-refractivity contribution in [1.82, 2.24) is 5.48 Å². The number of fused-ring (bicyclic) bond motifs is 12. The Hall–Kier alpha value is -8.35. The third kappa shape index (κ3) is 7.44. The van der Waals surface area contributed by atoms with Gasteiger partial charge in [-0.2, -0.15) is 0 Å². The maximum absolute atomic E-state index is 12.8. The van der Waals surface area contributed by atoms with Crippen molar-refractivity contribution in [2.75, 3.05) is 34.8 Å². The Labute approximate surface area is 392 Å². The lowest BCUT2D eigenvalue weighted by Gasteiger charge is -2.25. The molecule has 338 valence electrons. The van der Waals surface area contributed by atoms with Crippen LogP contribution in [-0.4, -0.2) is 38.0 Å². The van der Waals surface area contributed by atoms with Gasteiger partial charge < -0.3 is 29.2 Å². The van der Waals surface area contributed by atoms with Gasteiger partial charge in [0.25, 0.3) is 0 Å². The molecule has 9 aromatic carbocycles. The van der Waals surface area contributed by atoms with Crippen molar-refractivity contribution in [3.63, 3.8) is 0 Å². The number of rotatable bonds is 12. The molecule has 0 bridgehead atoms. The van der Waals surface area contributed by atoms with Gasteiger partial charge in [-0.3, -0.25) is 4.79 Å². The number of hydrogen-bond donors (Lipinski definition) is 1. The van der Waals surface area contributed by atoms with Gasteiger partial charge in [0.05, 0.1) is 6.04 Å². The monoisotopic (exact) mass is 900 g/mol. The van der Waals surface area contributed by atoms with Gasteiger partial charge in [0.1, 0.15) is 10.7 Å². The van der Waals surface area contributed by atoms with Gasteiger partial charge in [0.2, 0.25) is 0 Å². The van der Waals surface area contributed by atoms with Crippen LogP contribution in [0.4, 0.5) is 34.1 Å². The molecule has 0 aromatic heterocycles. The molecule has 0 spiro atoms. The molecule has 0 saturated heterocycles. The first-order valence-electron chi connectivity index (χ1n) is 22.6. The minimum Gasteiger partial charge on any atom is -0.370 e. The highest BCUT2D eigenvalue weighted by atomic mass is 16.7. The fourth-order valence-corrected chi connectivity index (χ4v) is 9.96. The van der Waals surface area contributed by atoms with Gasteiger partial charge in [-0.25, -0.2) is 9.59 Å². The summed E-state index contributed by atoms with van der Waals surface area (Å²) in [5.74, 6) is -1.69. The SMILES string of the molecule is CCN(c1ccccc1)c1ccc2c(c1)C(NOC(C)=O)c1c-2c2/c(=N/OC(C)=O)c3cc(N(C)c4ccccc4)ccc3c2c2/c(=N/OC(C)=O)c3cc(N(CC)c4ccccc4)ccc3c12. The van der Waals surface area contributed by atoms with Crippen LogP contribution in [0.15, 0.2) is 156 Å². The number of anilines is 6. The van der Waals surface area contributed by atoms with Crippen molar-refractivity contribution < 1.29 is 28.9 Å². The summed E-state index contributed by atoms with van der Waals surface area (Å²) in [7, 11) is 2.00. The smallest absolute Gasteiger partial charge is 0.332 e. The maximum Gasteiger partial charge on any atom is 0.332 e. The molecule has 0 aliphatic heterocycles. The zero-order valence-electron chi connectivity index (χ0n) is 38.5. The first kappa shape index (κ1) is 43.5. The molecule has 12 nitrogen and oxygen atoms in total. The Morgan fingerprint density at radius 3 is 1.54 bits per heavy atom. The molecule has 12 heteroatoms. The fraction of sp³-hybridized carbons (Fsp3) is 0.161. The normalized spacial score (nSPS) is 13.5. The number of para-hydroxylation sites is 3. The van der Waals surface area contributed by atoms with Crippen molar-refractivity contribution in [3.05, 3.63) is 167 Å². The number of benzene rings is 7. The molecule has 1 unspecified atom stereocenters. The van der Waals surface area contributed by atoms with Crippen LogP contribution in [0.5, 0.6) is 0 Å². The minimum atomic E-state index is -0.715. The zero-order chi connectivity index (χ0) is 47.2. The number of nitrogens with zero attached hydrogens (tertiary/aromatic N) is 5. The van der Waals surface area contributed by atoms with Gasteiger partial charge in [-0.15, -0.1) is 5.48 Å². The predicted molar refractivity (Wildman–Crippen MR) is 268 cm³/mol. The Bertz CT molecular complexity index is 3570. The van der Waals surface area contributed by atoms with Gasteiger partial charge in [0, 0.05) is 102 Å². The summed E-state index contributed by atoms with van der Waals surface area (Å²) in [5.41, 5.74) is 12.2. The predicted octanol–water partition coefficient (Wildman–Crippen LogP) is 11.2. The summed E-state index contributed by atoms with van der Waals surface area (Å²) in [6.07, 6.45) is 0. The number of hydrogen-bond acceptors (Lipinski definition) is 12. The molecule has 10 rings (SSSR count). The second kappa shape index (κ2) is 17.8. The van der Waals surface area contributed by atoms with Crippen LogP contribution in [0.3, 0.4) is 0 Å². The van der Waals surface area contributed by atoms with E-state index in [-0.39, 0.29) is 0 Å². The highest BCUT2D eigenvalue weighted by Gasteiger charge is 2.38. The third-order valence-corrected chi connectivity index (χ3v) is 12.7. The molecular weight excluding hydrogens is 853 g/mol. The standard InChI is InChI=1S/C56H48N6O6/c1-7-61(37-20-14-10-15-21-37)40-25-28-43-46(31-40)56(59-68-35(5)65)53-49(43)51-48(42-27-24-39(60(6)36-18-12-9-13-19-36)30-45(42)54(51)57-66-33(3)63)52-50(53)44-29-26-41(32-47(44)55(52)58-67-34(4)64)62(8-2)38-22-16-11-17-23-38/h9-32,56,59H,7-8H2,1-6H3/b57-54+,58-55+. The third-order valence-electron chi connectivity index (χ3n) is 12.7. The summed E-state index contributed by atoms with van der Waals surface area (Å²) in [4.78, 5) is 61.8. The molecular formula is C56H48N6O6. The largest absolute Gasteiger partial charge is 0.370 e. The molecule has 0 heterocycles. The van der Waals surface area contributed by atoms with Crippen molar-refractivity contribution in [1.29, 1.82) is 0 Å². The number of carbonyl (C=O) groups is 3. The van der Waals surface area contributed by atoms with Crippen LogP contribution in [-0.2, 0) is 28.9 Å². The summed E-state index contributed by atoms with van der Waals surface area (Å²) >= 11 is 0. The molecule has 1 aliphatic rings. The number of carbonyl (C=O) groups excluding carboxylic acids is 3. The van der Waals surface area contributed by atoms with E-state index >= 15 is 0 Å². The van der Waals surface area contributed by atoms with E-state index in [0.717, 1.165) is 88.7 Å². The molecule has 0 fully saturated rings. The van der Waals surface area contributed by atoms with Crippen LogP contribution < -0.4 is 30.9 Å².